The highest BCUT2D eigenvalue weighted by Crippen LogP contribution is 2.35. The SMILES string of the molecule is Fc1cc(-c2ccccc2)ccc1C1CCCCC1. The Balaban J connectivity index is 1.89. The summed E-state index contributed by atoms with van der Waals surface area (Å²) in [5, 5.41) is 0. The van der Waals surface area contributed by atoms with Crippen LogP contribution in [-0.2, 0) is 0 Å². The predicted molar refractivity (Wildman–Crippen MR) is 77.7 cm³/mol. The molecule has 98 valence electrons. The highest BCUT2D eigenvalue weighted by atomic mass is 19.1. The maximum atomic E-state index is 14.3. The standard InChI is InChI=1S/C18H19F/c19-18-13-16(14-7-3-1-4-8-14)11-12-17(18)15-9-5-2-6-10-15/h1,3-4,7-8,11-13,15H,2,5-6,9-10H2. The molecule has 3 rings (SSSR count). The molecule has 0 atom stereocenters. The van der Waals surface area contributed by atoms with Crippen LogP contribution in [-0.4, -0.2) is 0 Å². The summed E-state index contributed by atoms with van der Waals surface area (Å²) in [6.45, 7) is 0. The summed E-state index contributed by atoms with van der Waals surface area (Å²) in [5.74, 6) is 0.395. The van der Waals surface area contributed by atoms with E-state index in [1.54, 1.807) is 6.07 Å². The van der Waals surface area contributed by atoms with E-state index in [1.807, 2.05) is 36.4 Å². The third-order valence-electron chi connectivity index (χ3n) is 4.15. The van der Waals surface area contributed by atoms with Crippen LogP contribution < -0.4 is 0 Å². The number of rotatable bonds is 2. The molecule has 0 aromatic heterocycles. The lowest BCUT2D eigenvalue weighted by Crippen LogP contribution is -2.06. The highest BCUT2D eigenvalue weighted by Gasteiger charge is 2.18. The topological polar surface area (TPSA) is 0 Å². The molecule has 0 heterocycles. The minimum absolute atomic E-state index is 0.0340. The fourth-order valence-corrected chi connectivity index (χ4v) is 3.08. The van der Waals surface area contributed by atoms with Gasteiger partial charge in [-0.15, -0.1) is 0 Å². The third kappa shape index (κ3) is 2.70. The Morgan fingerprint density at radius 1 is 0.789 bits per heavy atom. The van der Waals surface area contributed by atoms with Crippen molar-refractivity contribution in [2.24, 2.45) is 0 Å². The Morgan fingerprint density at radius 2 is 1.53 bits per heavy atom. The first-order valence-corrected chi connectivity index (χ1v) is 7.19. The van der Waals surface area contributed by atoms with Gasteiger partial charge in [0.2, 0.25) is 0 Å². The van der Waals surface area contributed by atoms with Crippen LogP contribution in [0.5, 0.6) is 0 Å². The smallest absolute Gasteiger partial charge is 0.127 e. The molecule has 0 unspecified atom stereocenters. The predicted octanol–water partition coefficient (Wildman–Crippen LogP) is 5.54. The average molecular weight is 254 g/mol. The molecule has 1 fully saturated rings. The van der Waals surface area contributed by atoms with Crippen LogP contribution in [0.1, 0.15) is 43.6 Å². The van der Waals surface area contributed by atoms with Crippen LogP contribution in [0.2, 0.25) is 0 Å². The monoisotopic (exact) mass is 254 g/mol. The lowest BCUT2D eigenvalue weighted by molar-refractivity contribution is 0.430. The Kier molecular flexibility index (Phi) is 3.63. The van der Waals surface area contributed by atoms with Gasteiger partial charge in [0, 0.05) is 0 Å². The van der Waals surface area contributed by atoms with E-state index in [9.17, 15) is 4.39 Å². The molecule has 2 aromatic rings. The van der Waals surface area contributed by atoms with Gasteiger partial charge in [0.05, 0.1) is 0 Å². The second kappa shape index (κ2) is 5.56. The van der Waals surface area contributed by atoms with E-state index in [-0.39, 0.29) is 5.82 Å². The van der Waals surface area contributed by atoms with E-state index >= 15 is 0 Å². The van der Waals surface area contributed by atoms with Crippen molar-refractivity contribution in [1.82, 2.24) is 0 Å². The molecule has 0 bridgehead atoms. The Labute approximate surface area is 114 Å². The van der Waals surface area contributed by atoms with Crippen molar-refractivity contribution in [3.63, 3.8) is 0 Å². The van der Waals surface area contributed by atoms with Gasteiger partial charge in [-0.1, -0.05) is 61.7 Å². The van der Waals surface area contributed by atoms with E-state index in [4.69, 9.17) is 0 Å². The molecule has 0 aliphatic heterocycles. The van der Waals surface area contributed by atoms with E-state index in [0.29, 0.717) is 5.92 Å². The molecule has 1 aliphatic rings. The third-order valence-corrected chi connectivity index (χ3v) is 4.15. The maximum Gasteiger partial charge on any atom is 0.127 e. The maximum absolute atomic E-state index is 14.3. The van der Waals surface area contributed by atoms with E-state index < -0.39 is 0 Å². The number of benzene rings is 2. The molecule has 0 saturated heterocycles. The Bertz CT molecular complexity index is 539. The van der Waals surface area contributed by atoms with Crippen LogP contribution >= 0.6 is 0 Å². The molecule has 0 amide bonds. The summed E-state index contributed by atoms with van der Waals surface area (Å²) >= 11 is 0. The van der Waals surface area contributed by atoms with E-state index in [0.717, 1.165) is 29.5 Å². The highest BCUT2D eigenvalue weighted by molar-refractivity contribution is 5.63. The van der Waals surface area contributed by atoms with Crippen LogP contribution in [0.15, 0.2) is 48.5 Å². The molecule has 1 heteroatoms. The summed E-state index contributed by atoms with van der Waals surface area (Å²) in [5.41, 5.74) is 2.97. The number of hydrogen-bond acceptors (Lipinski definition) is 0. The van der Waals surface area contributed by atoms with Gasteiger partial charge in [-0.2, -0.15) is 0 Å². The molecule has 0 N–H and O–H groups in total. The molecule has 1 saturated carbocycles. The minimum Gasteiger partial charge on any atom is -0.207 e. The lowest BCUT2D eigenvalue weighted by atomic mass is 9.83. The minimum atomic E-state index is -0.0340. The average Bonchev–Trinajstić information content (AvgIpc) is 2.49. The molecule has 0 radical (unpaired) electrons. The molecule has 0 nitrogen and oxygen atoms in total. The van der Waals surface area contributed by atoms with Crippen LogP contribution in [0.25, 0.3) is 11.1 Å². The first-order chi connectivity index (χ1) is 9.34. The van der Waals surface area contributed by atoms with Crippen LogP contribution in [0.3, 0.4) is 0 Å². The zero-order chi connectivity index (χ0) is 13.1. The quantitative estimate of drug-likeness (QED) is 0.660. The van der Waals surface area contributed by atoms with Crippen molar-refractivity contribution in [2.75, 3.05) is 0 Å². The molecule has 19 heavy (non-hydrogen) atoms. The summed E-state index contributed by atoms with van der Waals surface area (Å²) in [7, 11) is 0. The zero-order valence-corrected chi connectivity index (χ0v) is 11.1. The van der Waals surface area contributed by atoms with Crippen molar-refractivity contribution in [3.8, 4) is 11.1 Å². The first kappa shape index (κ1) is 12.4. The summed E-state index contributed by atoms with van der Waals surface area (Å²) in [6, 6.07) is 15.8. The van der Waals surface area contributed by atoms with Gasteiger partial charge in [0.25, 0.3) is 0 Å². The van der Waals surface area contributed by atoms with Gasteiger partial charge in [-0.3, -0.25) is 0 Å². The summed E-state index contributed by atoms with van der Waals surface area (Å²) < 4.78 is 14.3. The molecular weight excluding hydrogens is 235 g/mol. The largest absolute Gasteiger partial charge is 0.207 e. The van der Waals surface area contributed by atoms with Gasteiger partial charge in [0.15, 0.2) is 0 Å². The van der Waals surface area contributed by atoms with Crippen molar-refractivity contribution >= 4 is 0 Å². The normalized spacial score (nSPS) is 16.5. The number of halogens is 1. The summed E-state index contributed by atoms with van der Waals surface area (Å²) in [6.07, 6.45) is 6.07. The van der Waals surface area contributed by atoms with Crippen LogP contribution in [0, 0.1) is 5.82 Å². The molecule has 1 aliphatic carbocycles. The van der Waals surface area contributed by atoms with Crippen molar-refractivity contribution < 1.29 is 4.39 Å². The van der Waals surface area contributed by atoms with Crippen molar-refractivity contribution in [3.05, 3.63) is 59.9 Å². The van der Waals surface area contributed by atoms with Crippen molar-refractivity contribution in [1.29, 1.82) is 0 Å². The summed E-state index contributed by atoms with van der Waals surface area (Å²) in [4.78, 5) is 0. The van der Waals surface area contributed by atoms with Gasteiger partial charge < -0.3 is 0 Å². The fraction of sp³-hybridized carbons (Fsp3) is 0.333. The zero-order valence-electron chi connectivity index (χ0n) is 11.1. The van der Waals surface area contributed by atoms with Gasteiger partial charge in [-0.05, 0) is 41.5 Å². The molecule has 0 spiro atoms. The Hall–Kier alpha value is -1.63. The van der Waals surface area contributed by atoms with Gasteiger partial charge in [-0.25, -0.2) is 4.39 Å². The van der Waals surface area contributed by atoms with Crippen molar-refractivity contribution in [2.45, 2.75) is 38.0 Å². The lowest BCUT2D eigenvalue weighted by Gasteiger charge is -2.22. The van der Waals surface area contributed by atoms with Crippen LogP contribution in [0.4, 0.5) is 4.39 Å². The molecular formula is C18H19F. The number of hydrogen-bond donors (Lipinski definition) is 0. The van der Waals surface area contributed by atoms with E-state index in [1.165, 1.54) is 19.3 Å². The van der Waals surface area contributed by atoms with Gasteiger partial charge >= 0.3 is 0 Å². The Morgan fingerprint density at radius 3 is 2.21 bits per heavy atom. The second-order valence-electron chi connectivity index (χ2n) is 5.44. The second-order valence-corrected chi connectivity index (χ2v) is 5.44. The fourth-order valence-electron chi connectivity index (χ4n) is 3.08. The molecule has 2 aromatic carbocycles. The first-order valence-electron chi connectivity index (χ1n) is 7.19. The van der Waals surface area contributed by atoms with Gasteiger partial charge in [0.1, 0.15) is 5.82 Å². The van der Waals surface area contributed by atoms with E-state index in [2.05, 4.69) is 6.07 Å².